The molecule has 42 heavy (non-hydrogen) atoms. The van der Waals surface area contributed by atoms with Gasteiger partial charge in [-0.15, -0.1) is 0 Å². The van der Waals surface area contributed by atoms with E-state index in [2.05, 4.69) is 30.6 Å². The minimum absolute atomic E-state index is 0.0930. The van der Waals surface area contributed by atoms with Crippen LogP contribution in [0.3, 0.4) is 0 Å². The molecule has 0 saturated carbocycles. The van der Waals surface area contributed by atoms with Crippen molar-refractivity contribution in [2.75, 3.05) is 17.6 Å². The lowest BCUT2D eigenvalue weighted by Crippen LogP contribution is -2.40. The van der Waals surface area contributed by atoms with Crippen molar-refractivity contribution in [3.8, 4) is 5.88 Å². The maximum absolute atomic E-state index is 14.9. The second kappa shape index (κ2) is 10.3. The van der Waals surface area contributed by atoms with Crippen molar-refractivity contribution in [3.05, 3.63) is 71.9 Å². The summed E-state index contributed by atoms with van der Waals surface area (Å²) in [6.07, 6.45) is -1.47. The van der Waals surface area contributed by atoms with Crippen LogP contribution >= 0.6 is 0 Å². The Kier molecular flexibility index (Phi) is 6.64. The van der Waals surface area contributed by atoms with Crippen molar-refractivity contribution in [3.63, 3.8) is 0 Å². The summed E-state index contributed by atoms with van der Waals surface area (Å²) >= 11 is 0. The maximum Gasteiger partial charge on any atom is 0.259 e. The number of carbonyl (C=O) groups is 2. The van der Waals surface area contributed by atoms with Crippen LogP contribution in [0.2, 0.25) is 0 Å². The first kappa shape index (κ1) is 27.0. The summed E-state index contributed by atoms with van der Waals surface area (Å²) in [6, 6.07) is 6.00. The molecular formula is C26H22F2N8O6. The van der Waals surface area contributed by atoms with Gasteiger partial charge in [0.25, 0.3) is 11.8 Å². The highest BCUT2D eigenvalue weighted by Crippen LogP contribution is 2.33. The number of H-pyrrole nitrogens is 1. The maximum atomic E-state index is 14.9. The van der Waals surface area contributed by atoms with Gasteiger partial charge in [-0.2, -0.15) is 0 Å². The minimum atomic E-state index is -1.51. The fourth-order valence-corrected chi connectivity index (χ4v) is 4.90. The first-order valence-corrected chi connectivity index (χ1v) is 12.5. The zero-order valence-corrected chi connectivity index (χ0v) is 21.3. The van der Waals surface area contributed by atoms with E-state index in [1.165, 1.54) is 35.6 Å². The fourth-order valence-electron chi connectivity index (χ4n) is 4.90. The summed E-state index contributed by atoms with van der Waals surface area (Å²) in [6.45, 7) is -0.448. The lowest BCUT2D eigenvalue weighted by atomic mass is 10.0. The van der Waals surface area contributed by atoms with Gasteiger partial charge in [-0.3, -0.25) is 14.2 Å². The van der Waals surface area contributed by atoms with Crippen LogP contribution in [-0.4, -0.2) is 76.5 Å². The van der Waals surface area contributed by atoms with Gasteiger partial charge in [0.15, 0.2) is 23.6 Å². The monoisotopic (exact) mass is 580 g/mol. The molecule has 1 saturated heterocycles. The van der Waals surface area contributed by atoms with Crippen LogP contribution < -0.4 is 16.4 Å². The number of aliphatic hydroxyl groups excluding tert-OH is 2. The third-order valence-corrected chi connectivity index (χ3v) is 6.98. The number of aromatic amines is 1. The number of nitrogens with two attached hydrogens (primary N) is 1. The van der Waals surface area contributed by atoms with Crippen molar-refractivity contribution in [2.45, 2.75) is 24.5 Å². The molecule has 8 N–H and O–H groups in total. The molecule has 6 rings (SSSR count). The first-order valence-electron chi connectivity index (χ1n) is 12.5. The highest BCUT2D eigenvalue weighted by molar-refractivity contribution is 6.15. The summed E-state index contributed by atoms with van der Waals surface area (Å²) in [5, 5.41) is 36.7. The molecule has 1 aliphatic rings. The largest absolute Gasteiger partial charge is 0.494 e. The number of rotatable bonds is 6. The first-order chi connectivity index (χ1) is 20.2. The Bertz CT molecular complexity index is 1860. The summed E-state index contributed by atoms with van der Waals surface area (Å²) in [4.78, 5) is 40.8. The Morgan fingerprint density at radius 3 is 2.52 bits per heavy atom. The molecule has 0 radical (unpaired) electrons. The number of hydrogen-bond donors (Lipinski definition) is 7. The van der Waals surface area contributed by atoms with Gasteiger partial charge in [0, 0.05) is 23.5 Å². The lowest BCUT2D eigenvalue weighted by Gasteiger charge is -2.17. The molecule has 16 heteroatoms. The van der Waals surface area contributed by atoms with E-state index in [0.29, 0.717) is 22.9 Å². The van der Waals surface area contributed by atoms with Gasteiger partial charge in [-0.1, -0.05) is 6.07 Å². The average Bonchev–Trinajstić information content (AvgIpc) is 3.65. The molecular weight excluding hydrogens is 558 g/mol. The van der Waals surface area contributed by atoms with Gasteiger partial charge in [0.2, 0.25) is 0 Å². The Balaban J connectivity index is 1.21. The zero-order chi connectivity index (χ0) is 29.7. The molecule has 4 heterocycles. The number of aliphatic hydroxyl groups is 2. The molecule has 14 nitrogen and oxygen atoms in total. The molecule has 0 bridgehead atoms. The van der Waals surface area contributed by atoms with E-state index in [1.807, 2.05) is 0 Å². The van der Waals surface area contributed by atoms with Gasteiger partial charge in [0.05, 0.1) is 23.1 Å². The zero-order valence-electron chi connectivity index (χ0n) is 21.3. The Morgan fingerprint density at radius 2 is 1.76 bits per heavy atom. The van der Waals surface area contributed by atoms with Crippen molar-refractivity contribution in [1.29, 1.82) is 0 Å². The normalized spacial score (nSPS) is 20.3. The number of carbonyl (C=O) groups excluding carboxylic acids is 2. The summed E-state index contributed by atoms with van der Waals surface area (Å²) in [7, 11) is 0. The number of nitrogens with zero attached hydrogens (tertiary/aromatic N) is 4. The standard InChI is InChI=1S/C26H22F2N8O6/c27-12-4-5-13(28)17(25(41)35-14-3-1-2-10-11(14)6-30-23(10)39)16(12)24(40)31-7-15-19(37)20(38)26(42-15)36-9-34-18-21(29)32-8-33-22(18)36/h1-6,8-9,15,19-20,26,30,37-39H,7H2,(H,31,40)(H,35,41)(H2,29,32,33)/t15?,19-,20-,26-/m1/s1. The Labute approximate surface area is 233 Å². The van der Waals surface area contributed by atoms with Gasteiger partial charge < -0.3 is 41.4 Å². The van der Waals surface area contributed by atoms with Crippen LogP contribution in [-0.2, 0) is 4.74 Å². The third-order valence-electron chi connectivity index (χ3n) is 6.98. The summed E-state index contributed by atoms with van der Waals surface area (Å²) < 4.78 is 36.9. The van der Waals surface area contributed by atoms with Crippen LogP contribution in [0.15, 0.2) is 49.2 Å². The smallest absolute Gasteiger partial charge is 0.259 e. The second-order valence-electron chi connectivity index (χ2n) is 9.48. The SMILES string of the molecule is Nc1ncnc2c1ncn2[C@@H]1OC(CNC(=O)c2c(F)ccc(F)c2C(=O)Nc2cccc3c(O)[nH]cc23)[C@@H](O)[C@H]1O. The fraction of sp³-hybridized carbons (Fsp3) is 0.192. The van der Waals surface area contributed by atoms with Gasteiger partial charge in [-0.05, 0) is 24.3 Å². The molecule has 2 aromatic carbocycles. The highest BCUT2D eigenvalue weighted by atomic mass is 19.1. The molecule has 4 atom stereocenters. The minimum Gasteiger partial charge on any atom is -0.494 e. The number of aromatic nitrogens is 5. The van der Waals surface area contributed by atoms with E-state index < -0.39 is 65.7 Å². The van der Waals surface area contributed by atoms with Crippen LogP contribution in [0.25, 0.3) is 21.9 Å². The van der Waals surface area contributed by atoms with E-state index in [1.54, 1.807) is 6.07 Å². The van der Waals surface area contributed by atoms with Crippen LogP contribution in [0.1, 0.15) is 26.9 Å². The number of imidazole rings is 1. The highest BCUT2D eigenvalue weighted by Gasteiger charge is 2.44. The molecule has 1 aliphatic heterocycles. The Morgan fingerprint density at radius 1 is 1.02 bits per heavy atom. The molecule has 5 aromatic rings. The number of nitrogen functional groups attached to an aromatic ring is 1. The predicted octanol–water partition coefficient (Wildman–Crippen LogP) is 1.18. The number of hydrogen-bond acceptors (Lipinski definition) is 10. The van der Waals surface area contributed by atoms with E-state index in [4.69, 9.17) is 10.5 Å². The van der Waals surface area contributed by atoms with Crippen LogP contribution in [0.5, 0.6) is 5.88 Å². The van der Waals surface area contributed by atoms with Gasteiger partial charge in [0.1, 0.15) is 41.8 Å². The number of ether oxygens (including phenoxy) is 1. The molecule has 216 valence electrons. The number of benzene rings is 2. The van der Waals surface area contributed by atoms with E-state index in [9.17, 15) is 33.7 Å². The quantitative estimate of drug-likeness (QED) is 0.152. The average molecular weight is 581 g/mol. The second-order valence-corrected chi connectivity index (χ2v) is 9.48. The van der Waals surface area contributed by atoms with Crippen molar-refractivity contribution in [2.24, 2.45) is 0 Å². The number of anilines is 2. The van der Waals surface area contributed by atoms with Gasteiger partial charge in [-0.25, -0.2) is 23.7 Å². The van der Waals surface area contributed by atoms with Gasteiger partial charge >= 0.3 is 0 Å². The van der Waals surface area contributed by atoms with Crippen LogP contribution in [0, 0.1) is 11.6 Å². The molecule has 3 aromatic heterocycles. The molecule has 1 fully saturated rings. The number of aromatic hydroxyl groups is 1. The summed E-state index contributed by atoms with van der Waals surface area (Å²) in [5.41, 5.74) is 4.70. The Hall–Kier alpha value is -5.19. The molecule has 1 unspecified atom stereocenters. The summed E-state index contributed by atoms with van der Waals surface area (Å²) in [5.74, 6) is -4.69. The number of halogens is 2. The van der Waals surface area contributed by atoms with Crippen LogP contribution in [0.4, 0.5) is 20.3 Å². The van der Waals surface area contributed by atoms with Crippen molar-refractivity contribution >= 4 is 45.3 Å². The van der Waals surface area contributed by atoms with Crippen molar-refractivity contribution < 1.29 is 38.4 Å². The molecule has 0 spiro atoms. The predicted molar refractivity (Wildman–Crippen MR) is 142 cm³/mol. The lowest BCUT2D eigenvalue weighted by molar-refractivity contribution is -0.0338. The number of nitrogens with one attached hydrogen (secondary N) is 3. The van der Waals surface area contributed by atoms with E-state index >= 15 is 0 Å². The number of amides is 2. The third kappa shape index (κ3) is 4.43. The van der Waals surface area contributed by atoms with E-state index in [-0.39, 0.29) is 28.5 Å². The topological polar surface area (TPSA) is 214 Å². The number of fused-ring (bicyclic) bond motifs is 2. The molecule has 2 amide bonds. The van der Waals surface area contributed by atoms with E-state index in [0.717, 1.165) is 0 Å². The molecule has 0 aliphatic carbocycles. The van der Waals surface area contributed by atoms with Crippen molar-refractivity contribution in [1.82, 2.24) is 29.8 Å².